The zero-order valence-corrected chi connectivity index (χ0v) is 54.9. The number of hydrogen-bond donors (Lipinski definition) is 0. The summed E-state index contributed by atoms with van der Waals surface area (Å²) in [7, 11) is -7.49. The van der Waals surface area contributed by atoms with Gasteiger partial charge in [0.15, 0.2) is 0 Å². The SMILES string of the molecule is CS(=O)(=O)[O-].Cc1ccc([PH+](c2ccccc2)c2ccccc2)cc1.Cc1ccc([PH+](c2ccccc2)c2ccccc2)cc1.Cc1ccc([PH+](c2ccccc2)c2ccccc2)cc1.Cc1ccc([PH+](c2ccccc2)c2ccccc2)cc1.[F-].[F-].[F-]. The summed E-state index contributed by atoms with van der Waals surface area (Å²) in [5, 5.41) is 17.3. The number of hydrogen-bond acceptors (Lipinski definition) is 3. The lowest BCUT2D eigenvalue weighted by molar-refractivity contribution is -0.00100. The van der Waals surface area contributed by atoms with E-state index in [1.807, 2.05) is 0 Å². The van der Waals surface area contributed by atoms with Gasteiger partial charge in [0.05, 0.1) is 41.8 Å². The maximum absolute atomic E-state index is 9.08. The maximum Gasteiger partial charge on any atom is 0.102 e. The van der Waals surface area contributed by atoms with Gasteiger partial charge in [0.2, 0.25) is 0 Å². The van der Waals surface area contributed by atoms with Crippen molar-refractivity contribution < 1.29 is 27.1 Å². The topological polar surface area (TPSA) is 57.2 Å². The van der Waals surface area contributed by atoms with Crippen LogP contribution in [0, 0.1) is 27.7 Å². The van der Waals surface area contributed by atoms with Crippen molar-refractivity contribution in [1.82, 2.24) is 0 Å². The van der Waals surface area contributed by atoms with Crippen LogP contribution in [-0.2, 0) is 10.1 Å². The Balaban J connectivity index is 0.000000206. The summed E-state index contributed by atoms with van der Waals surface area (Å²) in [6, 6.07) is 123. The van der Waals surface area contributed by atoms with Gasteiger partial charge in [-0.1, -0.05) is 216 Å². The van der Waals surface area contributed by atoms with Crippen molar-refractivity contribution >= 4 is 105 Å². The van der Waals surface area contributed by atoms with Gasteiger partial charge in [-0.2, -0.15) is 0 Å². The molecule has 0 radical (unpaired) electrons. The third-order valence-corrected chi connectivity index (χ3v) is 24.8. The van der Waals surface area contributed by atoms with Crippen LogP contribution < -0.4 is 77.8 Å². The molecule has 0 saturated carbocycles. The van der Waals surface area contributed by atoms with Crippen LogP contribution in [0.15, 0.2) is 340 Å². The molecule has 0 aliphatic carbocycles. The van der Waals surface area contributed by atoms with E-state index in [1.165, 1.54) is 85.9 Å². The molecule has 12 aromatic carbocycles. The fourth-order valence-electron chi connectivity index (χ4n) is 9.72. The first-order valence-corrected chi connectivity index (χ1v) is 36.3. The third-order valence-electron chi connectivity index (χ3n) is 13.9. The Morgan fingerprint density at radius 1 is 0.205 bits per heavy atom. The molecule has 0 aromatic heterocycles. The monoisotopic (exact) mass is 1260 g/mol. The van der Waals surface area contributed by atoms with Crippen LogP contribution in [0.4, 0.5) is 0 Å². The van der Waals surface area contributed by atoms with Crippen LogP contribution in [0.25, 0.3) is 0 Å². The van der Waals surface area contributed by atoms with E-state index in [0.717, 1.165) is 0 Å². The molecule has 0 atom stereocenters. The molecule has 0 aliphatic heterocycles. The number of aryl methyl sites for hydroxylation is 4. The fraction of sp³-hybridized carbons (Fsp3) is 0.0649. The predicted octanol–water partition coefficient (Wildman–Crippen LogP) is 4.12. The van der Waals surface area contributed by atoms with E-state index >= 15 is 0 Å². The lowest BCUT2D eigenvalue weighted by atomic mass is 10.2. The van der Waals surface area contributed by atoms with Gasteiger partial charge in [-0.15, -0.1) is 0 Å². The molecule has 0 spiro atoms. The summed E-state index contributed by atoms with van der Waals surface area (Å²) in [5.41, 5.74) is 5.26. The van der Waals surface area contributed by atoms with Gasteiger partial charge in [0, 0.05) is 6.26 Å². The number of halogens is 3. The summed E-state index contributed by atoms with van der Waals surface area (Å²) in [6.45, 7) is 8.56. The van der Waals surface area contributed by atoms with Crippen molar-refractivity contribution in [2.75, 3.05) is 6.26 Å². The molecular weight excluding hydrogens is 1190 g/mol. The van der Waals surface area contributed by atoms with Crippen molar-refractivity contribution in [3.63, 3.8) is 0 Å². The summed E-state index contributed by atoms with van der Waals surface area (Å²) in [4.78, 5) is 0. The highest BCUT2D eigenvalue weighted by Crippen LogP contribution is 2.36. The average Bonchev–Trinajstić information content (AvgIpc) is 3.70. The van der Waals surface area contributed by atoms with Gasteiger partial charge in [-0.25, -0.2) is 8.42 Å². The fourth-order valence-corrected chi connectivity index (χ4v) is 19.9. The van der Waals surface area contributed by atoms with E-state index in [1.54, 1.807) is 0 Å². The Kier molecular flexibility index (Phi) is 29.8. The highest BCUT2D eigenvalue weighted by molar-refractivity contribution is 7.85. The second-order valence-corrected chi connectivity index (χ2v) is 31.9. The Bertz CT molecular complexity index is 3260. The molecular formula is C77H75F3O3P4S. The minimum Gasteiger partial charge on any atom is -1.00 e. The van der Waals surface area contributed by atoms with Crippen LogP contribution in [0.3, 0.4) is 0 Å². The van der Waals surface area contributed by atoms with E-state index in [2.05, 4.69) is 367 Å². The van der Waals surface area contributed by atoms with Gasteiger partial charge < -0.3 is 18.7 Å². The lowest BCUT2D eigenvalue weighted by Gasteiger charge is -2.10. The van der Waals surface area contributed by atoms with E-state index in [9.17, 15) is 0 Å². The molecule has 11 heteroatoms. The largest absolute Gasteiger partial charge is 1.00 e. The molecule has 0 N–H and O–H groups in total. The first-order chi connectivity index (χ1) is 41.4. The van der Waals surface area contributed by atoms with Gasteiger partial charge in [-0.3, -0.25) is 0 Å². The Hall–Kier alpha value is -7.94. The standard InChI is InChI=1S/4C19H17P.CH4O3S.3FH/c4*1-16-12-14-19(15-13-16)20(17-8-4-2-5-9-17)18-10-6-3-7-11-18;1-5(2,3)4;;;/h4*2-15H,1H3;1H3,(H,2,3,4);3*1H. The quantitative estimate of drug-likeness (QED) is 0.137. The number of rotatable bonds is 12. The average molecular weight is 1260 g/mol. The Morgan fingerprint density at radius 2 is 0.295 bits per heavy atom. The highest BCUT2D eigenvalue weighted by atomic mass is 32.2. The summed E-state index contributed by atoms with van der Waals surface area (Å²) >= 11 is 0. The summed E-state index contributed by atoms with van der Waals surface area (Å²) in [5.74, 6) is 0. The molecule has 0 aliphatic rings. The molecule has 3 nitrogen and oxygen atoms in total. The van der Waals surface area contributed by atoms with Crippen LogP contribution in [-0.4, -0.2) is 19.2 Å². The molecule has 0 saturated heterocycles. The molecule has 0 heterocycles. The van der Waals surface area contributed by atoms with E-state index in [4.69, 9.17) is 13.0 Å². The smallest absolute Gasteiger partial charge is 0.102 e. The third kappa shape index (κ3) is 22.3. The molecule has 0 bridgehead atoms. The normalized spacial score (nSPS) is 10.4. The van der Waals surface area contributed by atoms with Gasteiger partial charge in [-0.05, 0) is 173 Å². The second-order valence-electron chi connectivity index (χ2n) is 20.6. The van der Waals surface area contributed by atoms with Gasteiger partial charge in [0.1, 0.15) is 63.7 Å². The van der Waals surface area contributed by atoms with E-state index in [-0.39, 0.29) is 14.1 Å². The second kappa shape index (κ2) is 37.0. The van der Waals surface area contributed by atoms with Crippen molar-refractivity contribution in [1.29, 1.82) is 0 Å². The van der Waals surface area contributed by atoms with Crippen LogP contribution in [0.5, 0.6) is 0 Å². The molecule has 448 valence electrons. The summed E-state index contributed by atoms with van der Waals surface area (Å²) < 4.78 is 27.2. The highest BCUT2D eigenvalue weighted by Gasteiger charge is 2.28. The molecule has 0 fully saturated rings. The minimum absolute atomic E-state index is 0. The minimum atomic E-state index is -3.92. The van der Waals surface area contributed by atoms with E-state index in [0.29, 0.717) is 6.26 Å². The Morgan fingerprint density at radius 3 is 0.398 bits per heavy atom. The van der Waals surface area contributed by atoms with Crippen molar-refractivity contribution in [2.45, 2.75) is 27.7 Å². The van der Waals surface area contributed by atoms with Crippen LogP contribution in [0.1, 0.15) is 22.3 Å². The van der Waals surface area contributed by atoms with Gasteiger partial charge >= 0.3 is 0 Å². The number of benzene rings is 12. The molecule has 12 aromatic rings. The predicted molar refractivity (Wildman–Crippen MR) is 381 cm³/mol. The van der Waals surface area contributed by atoms with Gasteiger partial charge in [0.25, 0.3) is 0 Å². The van der Waals surface area contributed by atoms with Crippen molar-refractivity contribution in [3.8, 4) is 0 Å². The maximum atomic E-state index is 9.08. The molecule has 0 unspecified atom stereocenters. The zero-order valence-electron chi connectivity index (χ0n) is 50.1. The molecule has 12 rings (SSSR count). The molecule has 88 heavy (non-hydrogen) atoms. The van der Waals surface area contributed by atoms with Crippen LogP contribution in [0.2, 0.25) is 0 Å². The van der Waals surface area contributed by atoms with Crippen molar-refractivity contribution in [3.05, 3.63) is 362 Å². The van der Waals surface area contributed by atoms with E-state index < -0.39 is 41.8 Å². The Labute approximate surface area is 525 Å². The lowest BCUT2D eigenvalue weighted by Crippen LogP contribution is -3.00. The first kappa shape index (κ1) is 70.8. The van der Waals surface area contributed by atoms with Crippen LogP contribution >= 0.6 is 31.7 Å². The molecule has 0 amide bonds. The first-order valence-electron chi connectivity index (χ1n) is 28.5. The summed E-state index contributed by atoms with van der Waals surface area (Å²) in [6.07, 6.45) is 0.604. The zero-order chi connectivity index (χ0) is 59.6. The van der Waals surface area contributed by atoms with Crippen molar-refractivity contribution in [2.24, 2.45) is 0 Å².